The number of hydrogen-bond acceptors (Lipinski definition) is 2. The van der Waals surface area contributed by atoms with Crippen molar-refractivity contribution in [2.75, 3.05) is 0 Å². The zero-order valence-corrected chi connectivity index (χ0v) is 17.0. The van der Waals surface area contributed by atoms with E-state index in [1.54, 1.807) is 0 Å². The van der Waals surface area contributed by atoms with Gasteiger partial charge in [0.05, 0.1) is 0 Å². The van der Waals surface area contributed by atoms with Crippen molar-refractivity contribution >= 4 is 0 Å². The molecule has 1 unspecified atom stereocenters. The predicted molar refractivity (Wildman–Crippen MR) is 124 cm³/mol. The minimum absolute atomic E-state index is 0.333. The third-order valence-electron chi connectivity index (χ3n) is 6.34. The summed E-state index contributed by atoms with van der Waals surface area (Å²) in [6, 6.07) is 32.5. The van der Waals surface area contributed by atoms with Crippen LogP contribution in [0.1, 0.15) is 16.7 Å². The maximum Gasteiger partial charge on any atom is 0.141 e. The minimum atomic E-state index is -0.333. The smallest absolute Gasteiger partial charge is 0.141 e. The van der Waals surface area contributed by atoms with Crippen molar-refractivity contribution in [3.8, 4) is 22.5 Å². The monoisotopic (exact) mass is 399 g/mol. The number of nitrogens with zero attached hydrogens (tertiary/aromatic N) is 3. The second-order valence-electron chi connectivity index (χ2n) is 8.00. The molecule has 3 heteroatoms. The Hall–Kier alpha value is -3.98. The van der Waals surface area contributed by atoms with Gasteiger partial charge in [-0.1, -0.05) is 78.9 Å². The third-order valence-corrected chi connectivity index (χ3v) is 6.34. The molecular formula is C28H21N3. The van der Waals surface area contributed by atoms with Gasteiger partial charge in [-0.25, -0.2) is 4.98 Å². The molecule has 31 heavy (non-hydrogen) atoms. The first-order chi connectivity index (χ1) is 15.4. The van der Waals surface area contributed by atoms with E-state index >= 15 is 0 Å². The van der Waals surface area contributed by atoms with Crippen LogP contribution in [-0.4, -0.2) is 14.5 Å². The van der Waals surface area contributed by atoms with Crippen molar-refractivity contribution in [1.29, 1.82) is 0 Å². The maximum absolute atomic E-state index is 4.72. The normalized spacial score (nSPS) is 16.6. The molecule has 1 aliphatic rings. The maximum atomic E-state index is 4.72. The average molecular weight is 399 g/mol. The highest BCUT2D eigenvalue weighted by Gasteiger charge is 2.44. The van der Waals surface area contributed by atoms with Crippen molar-refractivity contribution in [2.24, 2.45) is 0 Å². The number of benzene rings is 3. The molecule has 2 aromatic heterocycles. The van der Waals surface area contributed by atoms with E-state index in [0.717, 1.165) is 12.2 Å². The summed E-state index contributed by atoms with van der Waals surface area (Å²) in [4.78, 5) is 8.86. The number of fused-ring (bicyclic) bond motifs is 3. The Morgan fingerprint density at radius 1 is 0.677 bits per heavy atom. The van der Waals surface area contributed by atoms with Crippen LogP contribution in [0.2, 0.25) is 0 Å². The van der Waals surface area contributed by atoms with Crippen LogP contribution in [0.15, 0.2) is 116 Å². The van der Waals surface area contributed by atoms with Gasteiger partial charge in [0.15, 0.2) is 0 Å². The lowest BCUT2D eigenvalue weighted by atomic mass is 9.78. The number of imidazole rings is 1. The summed E-state index contributed by atoms with van der Waals surface area (Å²) in [5.41, 5.74) is 7.11. The van der Waals surface area contributed by atoms with Crippen LogP contribution in [0.5, 0.6) is 0 Å². The van der Waals surface area contributed by atoms with Gasteiger partial charge in [-0.3, -0.25) is 4.98 Å². The fourth-order valence-corrected chi connectivity index (χ4v) is 4.93. The lowest BCUT2D eigenvalue weighted by Crippen LogP contribution is -2.35. The largest absolute Gasteiger partial charge is 0.316 e. The number of pyridine rings is 1. The second kappa shape index (κ2) is 7.06. The zero-order chi connectivity index (χ0) is 20.7. The van der Waals surface area contributed by atoms with Crippen LogP contribution < -0.4 is 0 Å². The molecule has 3 nitrogen and oxygen atoms in total. The summed E-state index contributed by atoms with van der Waals surface area (Å²) in [6.07, 6.45) is 8.57. The van der Waals surface area contributed by atoms with Gasteiger partial charge in [-0.05, 0) is 39.9 Å². The molecular weight excluding hydrogens is 378 g/mol. The molecule has 1 aliphatic heterocycles. The Balaban J connectivity index is 1.57. The number of aromatic nitrogens is 3. The molecule has 6 rings (SSSR count). The summed E-state index contributed by atoms with van der Waals surface area (Å²) < 4.78 is 2.35. The average Bonchev–Trinajstić information content (AvgIpc) is 3.43. The van der Waals surface area contributed by atoms with Crippen molar-refractivity contribution in [1.82, 2.24) is 14.5 Å². The second-order valence-corrected chi connectivity index (χ2v) is 8.00. The van der Waals surface area contributed by atoms with Gasteiger partial charge in [0.25, 0.3) is 0 Å². The lowest BCUT2D eigenvalue weighted by Gasteiger charge is -2.34. The van der Waals surface area contributed by atoms with Crippen LogP contribution in [0.3, 0.4) is 0 Å². The van der Waals surface area contributed by atoms with Gasteiger partial charge < -0.3 is 4.57 Å². The van der Waals surface area contributed by atoms with Crippen LogP contribution in [-0.2, 0) is 12.0 Å². The summed E-state index contributed by atoms with van der Waals surface area (Å²) in [5, 5.41) is 0. The molecule has 0 aliphatic carbocycles. The van der Waals surface area contributed by atoms with Gasteiger partial charge >= 0.3 is 0 Å². The summed E-state index contributed by atoms with van der Waals surface area (Å²) in [5.74, 6) is 1.03. The van der Waals surface area contributed by atoms with E-state index in [1.807, 2.05) is 30.7 Å². The molecule has 0 bridgehead atoms. The molecule has 0 N–H and O–H groups in total. The molecule has 148 valence electrons. The highest BCUT2D eigenvalue weighted by atomic mass is 15.2. The molecule has 1 atom stereocenters. The molecule has 0 radical (unpaired) electrons. The standard InChI is InChI=1S/C28H21N3/c1-2-6-21(7-3-1)20-28(24-12-10-22(11-13-24)23-14-16-29-17-15-23)26-9-5-4-8-25(26)27-30-18-19-31(27)28/h1-19H,20H2. The van der Waals surface area contributed by atoms with E-state index in [2.05, 4.69) is 94.6 Å². The van der Waals surface area contributed by atoms with E-state index in [4.69, 9.17) is 4.98 Å². The first-order valence-electron chi connectivity index (χ1n) is 10.5. The van der Waals surface area contributed by atoms with Crippen LogP contribution >= 0.6 is 0 Å². The Kier molecular flexibility index (Phi) is 4.07. The molecule has 0 amide bonds. The van der Waals surface area contributed by atoms with Gasteiger partial charge in [0.1, 0.15) is 11.4 Å². The fourth-order valence-electron chi connectivity index (χ4n) is 4.93. The Labute approximate surface area is 181 Å². The van der Waals surface area contributed by atoms with E-state index < -0.39 is 0 Å². The van der Waals surface area contributed by atoms with E-state index in [1.165, 1.54) is 33.4 Å². The van der Waals surface area contributed by atoms with Crippen molar-refractivity contribution in [3.63, 3.8) is 0 Å². The Morgan fingerprint density at radius 2 is 1.39 bits per heavy atom. The van der Waals surface area contributed by atoms with Crippen molar-refractivity contribution in [3.05, 3.63) is 132 Å². The van der Waals surface area contributed by atoms with Crippen LogP contribution in [0.4, 0.5) is 0 Å². The summed E-state index contributed by atoms with van der Waals surface area (Å²) >= 11 is 0. The molecule has 3 aromatic carbocycles. The number of rotatable bonds is 4. The van der Waals surface area contributed by atoms with Crippen LogP contribution in [0, 0.1) is 0 Å². The van der Waals surface area contributed by atoms with Gasteiger partial charge in [0.2, 0.25) is 0 Å². The van der Waals surface area contributed by atoms with Crippen LogP contribution in [0.25, 0.3) is 22.5 Å². The predicted octanol–water partition coefficient (Wildman–Crippen LogP) is 5.96. The quantitative estimate of drug-likeness (QED) is 0.373. The van der Waals surface area contributed by atoms with E-state index in [9.17, 15) is 0 Å². The first-order valence-corrected chi connectivity index (χ1v) is 10.5. The first kappa shape index (κ1) is 17.8. The third kappa shape index (κ3) is 2.74. The molecule has 5 aromatic rings. The zero-order valence-electron chi connectivity index (χ0n) is 17.0. The number of hydrogen-bond donors (Lipinski definition) is 0. The highest BCUT2D eigenvalue weighted by Crippen LogP contribution is 2.48. The SMILES string of the molecule is c1ccc(CC2(c3ccc(-c4ccncc4)cc3)c3ccccc3-c3nccn32)cc1. The van der Waals surface area contributed by atoms with Crippen molar-refractivity contribution in [2.45, 2.75) is 12.0 Å². The lowest BCUT2D eigenvalue weighted by molar-refractivity contribution is 0.450. The molecule has 3 heterocycles. The molecule has 0 fully saturated rings. The molecule has 0 saturated carbocycles. The van der Waals surface area contributed by atoms with E-state index in [0.29, 0.717) is 0 Å². The minimum Gasteiger partial charge on any atom is -0.316 e. The van der Waals surface area contributed by atoms with Gasteiger partial charge in [0, 0.05) is 36.8 Å². The fraction of sp³-hybridized carbons (Fsp3) is 0.0714. The Bertz CT molecular complexity index is 1340. The van der Waals surface area contributed by atoms with E-state index in [-0.39, 0.29) is 5.54 Å². The molecule has 0 spiro atoms. The highest BCUT2D eigenvalue weighted by molar-refractivity contribution is 5.72. The summed E-state index contributed by atoms with van der Waals surface area (Å²) in [7, 11) is 0. The van der Waals surface area contributed by atoms with Crippen molar-refractivity contribution < 1.29 is 0 Å². The summed E-state index contributed by atoms with van der Waals surface area (Å²) in [6.45, 7) is 0. The molecule has 0 saturated heterocycles. The van der Waals surface area contributed by atoms with Gasteiger partial charge in [-0.15, -0.1) is 0 Å². The van der Waals surface area contributed by atoms with Gasteiger partial charge in [-0.2, -0.15) is 0 Å². The topological polar surface area (TPSA) is 30.7 Å². The Morgan fingerprint density at radius 3 is 2.19 bits per heavy atom.